The van der Waals surface area contributed by atoms with E-state index in [1.807, 2.05) is 24.3 Å². The lowest BCUT2D eigenvalue weighted by Gasteiger charge is -2.31. The average molecular weight is 436 g/mol. The summed E-state index contributed by atoms with van der Waals surface area (Å²) in [5.41, 5.74) is 3.73. The lowest BCUT2D eigenvalue weighted by molar-refractivity contribution is -0.0498. The van der Waals surface area contributed by atoms with Gasteiger partial charge in [0, 0.05) is 47.6 Å². The number of benzene rings is 2. The van der Waals surface area contributed by atoms with E-state index in [-0.39, 0.29) is 18.2 Å². The smallest absolute Gasteiger partial charge is 0.387 e. The van der Waals surface area contributed by atoms with Gasteiger partial charge in [-0.25, -0.2) is 0 Å². The Kier molecular flexibility index (Phi) is 6.11. The number of nitrogens with zero attached hydrogens (tertiary/aromatic N) is 2. The van der Waals surface area contributed by atoms with Gasteiger partial charge in [-0.05, 0) is 42.8 Å². The Balaban J connectivity index is 1.55. The first-order valence-electron chi connectivity index (χ1n) is 10.1. The summed E-state index contributed by atoms with van der Waals surface area (Å²) in [6.45, 7) is -2.30. The SMILES string of the molecule is CN/C(=C1/CCN(C(=O)c2ccc3ncccc3c2)CC1=N)c1cccc(OC(F)F)c1. The van der Waals surface area contributed by atoms with E-state index in [4.69, 9.17) is 5.41 Å². The van der Waals surface area contributed by atoms with Crippen LogP contribution in [-0.4, -0.2) is 48.3 Å². The van der Waals surface area contributed by atoms with Crippen LogP contribution in [0.5, 0.6) is 5.75 Å². The normalized spacial score (nSPS) is 15.8. The van der Waals surface area contributed by atoms with Crippen LogP contribution in [0.4, 0.5) is 8.78 Å². The number of amides is 1. The van der Waals surface area contributed by atoms with Gasteiger partial charge < -0.3 is 20.4 Å². The molecular formula is C24H22F2N4O2. The van der Waals surface area contributed by atoms with Gasteiger partial charge in [0.2, 0.25) is 0 Å². The minimum absolute atomic E-state index is 0.0517. The molecule has 0 unspecified atom stereocenters. The molecule has 1 fully saturated rings. The first-order valence-corrected chi connectivity index (χ1v) is 10.1. The van der Waals surface area contributed by atoms with Crippen molar-refractivity contribution in [3.8, 4) is 5.75 Å². The number of hydrogen-bond donors (Lipinski definition) is 2. The molecule has 0 saturated carbocycles. The quantitative estimate of drug-likeness (QED) is 0.624. The van der Waals surface area contributed by atoms with Crippen molar-refractivity contribution < 1.29 is 18.3 Å². The van der Waals surface area contributed by atoms with Crippen LogP contribution in [0.2, 0.25) is 0 Å². The fourth-order valence-electron chi connectivity index (χ4n) is 3.90. The zero-order valence-corrected chi connectivity index (χ0v) is 17.4. The van der Waals surface area contributed by atoms with E-state index in [2.05, 4.69) is 15.0 Å². The number of hydrogen-bond acceptors (Lipinski definition) is 5. The number of aromatic nitrogens is 1. The molecule has 3 aromatic rings. The maximum Gasteiger partial charge on any atom is 0.387 e. The Morgan fingerprint density at radius 1 is 1.16 bits per heavy atom. The Morgan fingerprint density at radius 3 is 2.75 bits per heavy atom. The maximum atomic E-state index is 13.0. The molecular weight excluding hydrogens is 414 g/mol. The summed E-state index contributed by atoms with van der Waals surface area (Å²) in [5.74, 6) is -0.0892. The van der Waals surface area contributed by atoms with E-state index in [9.17, 15) is 13.6 Å². The van der Waals surface area contributed by atoms with Crippen molar-refractivity contribution in [2.75, 3.05) is 20.1 Å². The minimum atomic E-state index is -2.91. The summed E-state index contributed by atoms with van der Waals surface area (Å²) >= 11 is 0. The summed E-state index contributed by atoms with van der Waals surface area (Å²) in [7, 11) is 1.72. The van der Waals surface area contributed by atoms with Gasteiger partial charge in [-0.3, -0.25) is 9.78 Å². The summed E-state index contributed by atoms with van der Waals surface area (Å²) in [6, 6.07) is 15.5. The highest BCUT2D eigenvalue weighted by Crippen LogP contribution is 2.27. The van der Waals surface area contributed by atoms with Crippen LogP contribution in [0.3, 0.4) is 0 Å². The molecule has 8 heteroatoms. The van der Waals surface area contributed by atoms with E-state index in [0.717, 1.165) is 16.5 Å². The van der Waals surface area contributed by atoms with Gasteiger partial charge in [-0.2, -0.15) is 8.78 Å². The van der Waals surface area contributed by atoms with Crippen LogP contribution >= 0.6 is 0 Å². The van der Waals surface area contributed by atoms with Crippen molar-refractivity contribution in [3.05, 3.63) is 77.5 Å². The monoisotopic (exact) mass is 436 g/mol. The van der Waals surface area contributed by atoms with Crippen molar-refractivity contribution in [2.45, 2.75) is 13.0 Å². The zero-order valence-electron chi connectivity index (χ0n) is 17.4. The molecule has 1 aliphatic heterocycles. The van der Waals surface area contributed by atoms with Gasteiger partial charge in [-0.15, -0.1) is 0 Å². The second-order valence-electron chi connectivity index (χ2n) is 7.38. The minimum Gasteiger partial charge on any atom is -0.435 e. The molecule has 2 N–H and O–H groups in total. The largest absolute Gasteiger partial charge is 0.435 e. The molecule has 2 aromatic carbocycles. The fraction of sp³-hybridized carbons (Fsp3) is 0.208. The van der Waals surface area contributed by atoms with Crippen LogP contribution in [0, 0.1) is 5.41 Å². The Hall–Kier alpha value is -3.81. The van der Waals surface area contributed by atoms with Crippen LogP contribution < -0.4 is 10.1 Å². The molecule has 0 bridgehead atoms. The fourth-order valence-corrected chi connectivity index (χ4v) is 3.90. The van der Waals surface area contributed by atoms with Crippen molar-refractivity contribution in [3.63, 3.8) is 0 Å². The van der Waals surface area contributed by atoms with Gasteiger partial charge in [0.25, 0.3) is 5.91 Å². The standard InChI is InChI=1S/C24H22F2N4O2/c1-28-22(16-4-2-6-18(13-16)32-24(25)26)19-9-11-30(14-20(19)27)23(31)17-7-8-21-15(12-17)5-3-10-29-21/h2-8,10,12-13,24,27-28H,9,11,14H2,1H3/b22-19-,27-20?. The molecule has 6 nitrogen and oxygen atoms in total. The third-order valence-corrected chi connectivity index (χ3v) is 5.38. The second kappa shape index (κ2) is 9.13. The first kappa shape index (κ1) is 21.4. The summed E-state index contributed by atoms with van der Waals surface area (Å²) in [5, 5.41) is 12.5. The number of ether oxygens (including phenoxy) is 1. The molecule has 0 aliphatic carbocycles. The third kappa shape index (κ3) is 4.44. The average Bonchev–Trinajstić information content (AvgIpc) is 2.79. The van der Waals surface area contributed by atoms with E-state index >= 15 is 0 Å². The molecule has 1 saturated heterocycles. The molecule has 1 amide bonds. The highest BCUT2D eigenvalue weighted by molar-refractivity contribution is 6.09. The molecule has 1 aliphatic rings. The number of nitrogens with one attached hydrogen (secondary N) is 2. The number of fused-ring (bicyclic) bond motifs is 1. The van der Waals surface area contributed by atoms with Crippen LogP contribution in [0.15, 0.2) is 66.4 Å². The van der Waals surface area contributed by atoms with Crippen molar-refractivity contribution in [2.24, 2.45) is 0 Å². The summed E-state index contributed by atoms with van der Waals surface area (Å²) in [4.78, 5) is 19.0. The van der Waals surface area contributed by atoms with Crippen molar-refractivity contribution >= 4 is 28.2 Å². The van der Waals surface area contributed by atoms with E-state index in [0.29, 0.717) is 35.5 Å². The van der Waals surface area contributed by atoms with Crippen LogP contribution in [0.25, 0.3) is 16.6 Å². The van der Waals surface area contributed by atoms with Gasteiger partial charge in [-0.1, -0.05) is 18.2 Å². The number of alkyl halides is 2. The molecule has 2 heterocycles. The Morgan fingerprint density at radius 2 is 2.00 bits per heavy atom. The lowest BCUT2D eigenvalue weighted by Crippen LogP contribution is -2.41. The molecule has 0 radical (unpaired) electrons. The first-order chi connectivity index (χ1) is 15.5. The summed E-state index contributed by atoms with van der Waals surface area (Å²) in [6.07, 6.45) is 2.17. The molecule has 4 rings (SSSR count). The number of likely N-dealkylation sites (tertiary alicyclic amines) is 1. The van der Waals surface area contributed by atoms with E-state index < -0.39 is 6.61 Å². The van der Waals surface area contributed by atoms with Crippen molar-refractivity contribution in [1.82, 2.24) is 15.2 Å². The summed E-state index contributed by atoms with van der Waals surface area (Å²) < 4.78 is 29.6. The highest BCUT2D eigenvalue weighted by atomic mass is 19.3. The second-order valence-corrected chi connectivity index (χ2v) is 7.38. The number of carbonyl (C=O) groups excluding carboxylic acids is 1. The molecule has 0 atom stereocenters. The predicted molar refractivity (Wildman–Crippen MR) is 119 cm³/mol. The Labute approximate surface area is 184 Å². The molecule has 0 spiro atoms. The van der Waals surface area contributed by atoms with Gasteiger partial charge >= 0.3 is 6.61 Å². The van der Waals surface area contributed by atoms with Crippen LogP contribution in [-0.2, 0) is 0 Å². The number of halogens is 2. The third-order valence-electron chi connectivity index (χ3n) is 5.38. The number of rotatable bonds is 5. The molecule has 164 valence electrons. The molecule has 32 heavy (non-hydrogen) atoms. The topological polar surface area (TPSA) is 78.3 Å². The number of carbonyl (C=O) groups is 1. The maximum absolute atomic E-state index is 13.0. The van der Waals surface area contributed by atoms with E-state index in [1.165, 1.54) is 12.1 Å². The lowest BCUT2D eigenvalue weighted by atomic mass is 9.95. The van der Waals surface area contributed by atoms with Gasteiger partial charge in [0.05, 0.1) is 17.8 Å². The van der Waals surface area contributed by atoms with Crippen LogP contribution in [0.1, 0.15) is 22.3 Å². The van der Waals surface area contributed by atoms with Gasteiger partial charge in [0.15, 0.2) is 0 Å². The number of pyridine rings is 1. The predicted octanol–water partition coefficient (Wildman–Crippen LogP) is 4.33. The molecule has 1 aromatic heterocycles. The van der Waals surface area contributed by atoms with Gasteiger partial charge in [0.1, 0.15) is 5.75 Å². The highest BCUT2D eigenvalue weighted by Gasteiger charge is 2.26. The van der Waals surface area contributed by atoms with Crippen molar-refractivity contribution in [1.29, 1.82) is 5.41 Å². The Bertz CT molecular complexity index is 1210. The number of piperidine rings is 1. The van der Waals surface area contributed by atoms with E-state index in [1.54, 1.807) is 36.3 Å². The zero-order chi connectivity index (χ0) is 22.7.